The minimum atomic E-state index is -3.43. The molecule has 2 aliphatic rings. The molecular weight excluding hydrogens is 340 g/mol. The maximum Gasteiger partial charge on any atom is 0.273 e. The molecular formula is C18H22N2O2S2. The molecule has 1 saturated heterocycles. The van der Waals surface area contributed by atoms with Gasteiger partial charge in [-0.3, -0.25) is 4.31 Å². The average Bonchev–Trinajstić information content (AvgIpc) is 3.32. The number of rotatable bonds is 4. The highest BCUT2D eigenvalue weighted by Gasteiger charge is 2.32. The van der Waals surface area contributed by atoms with Crippen LogP contribution in [0.15, 0.2) is 34.5 Å². The highest BCUT2D eigenvalue weighted by atomic mass is 32.2. The van der Waals surface area contributed by atoms with Crippen molar-refractivity contribution in [3.8, 4) is 0 Å². The lowest BCUT2D eigenvalue weighted by Gasteiger charge is -2.21. The zero-order chi connectivity index (χ0) is 16.7. The number of aryl methyl sites for hydroxylation is 1. The predicted molar refractivity (Wildman–Crippen MR) is 99.8 cm³/mol. The number of sulfonamides is 1. The van der Waals surface area contributed by atoms with E-state index in [0.29, 0.717) is 10.8 Å². The van der Waals surface area contributed by atoms with E-state index < -0.39 is 10.0 Å². The maximum atomic E-state index is 13.0. The molecule has 6 heteroatoms. The van der Waals surface area contributed by atoms with E-state index in [9.17, 15) is 8.42 Å². The Morgan fingerprint density at radius 1 is 1.08 bits per heavy atom. The summed E-state index contributed by atoms with van der Waals surface area (Å²) in [7, 11) is -3.43. The van der Waals surface area contributed by atoms with E-state index in [0.717, 1.165) is 42.1 Å². The van der Waals surface area contributed by atoms with Crippen molar-refractivity contribution < 1.29 is 8.42 Å². The van der Waals surface area contributed by atoms with Crippen LogP contribution in [0.5, 0.6) is 0 Å². The van der Waals surface area contributed by atoms with Gasteiger partial charge in [-0.2, -0.15) is 0 Å². The van der Waals surface area contributed by atoms with E-state index in [1.54, 1.807) is 10.4 Å². The number of benzene rings is 1. The Morgan fingerprint density at radius 2 is 1.88 bits per heavy atom. The van der Waals surface area contributed by atoms with Crippen molar-refractivity contribution in [1.29, 1.82) is 0 Å². The summed E-state index contributed by atoms with van der Waals surface area (Å²) in [6.07, 6.45) is 4.16. The van der Waals surface area contributed by atoms with Crippen LogP contribution in [0.4, 0.5) is 11.4 Å². The largest absolute Gasteiger partial charge is 0.372 e. The molecule has 0 N–H and O–H groups in total. The van der Waals surface area contributed by atoms with Gasteiger partial charge in [-0.15, -0.1) is 11.3 Å². The van der Waals surface area contributed by atoms with Crippen LogP contribution in [0.2, 0.25) is 0 Å². The van der Waals surface area contributed by atoms with Crippen molar-refractivity contribution >= 4 is 32.7 Å². The molecule has 3 heterocycles. The van der Waals surface area contributed by atoms with E-state index in [-0.39, 0.29) is 0 Å². The van der Waals surface area contributed by atoms with Crippen LogP contribution in [0.25, 0.3) is 0 Å². The number of anilines is 2. The molecule has 2 aliphatic heterocycles. The molecule has 0 amide bonds. The Bertz CT molecular complexity index is 852. The molecule has 0 aliphatic carbocycles. The SMILES string of the molecule is CCc1ccc(S(=O)(=O)N2CCc3cc(N4CCCC4)ccc32)s1. The second kappa shape index (κ2) is 6.08. The Balaban J connectivity index is 1.65. The molecule has 0 saturated carbocycles. The minimum Gasteiger partial charge on any atom is -0.372 e. The summed E-state index contributed by atoms with van der Waals surface area (Å²) in [4.78, 5) is 3.50. The van der Waals surface area contributed by atoms with Crippen molar-refractivity contribution in [2.75, 3.05) is 28.8 Å². The topological polar surface area (TPSA) is 40.6 Å². The van der Waals surface area contributed by atoms with Crippen molar-refractivity contribution in [3.05, 3.63) is 40.8 Å². The third-order valence-electron chi connectivity index (χ3n) is 4.92. The third-order valence-corrected chi connectivity index (χ3v) is 8.43. The summed E-state index contributed by atoms with van der Waals surface area (Å²) in [5, 5.41) is 0. The fourth-order valence-electron chi connectivity index (χ4n) is 3.58. The quantitative estimate of drug-likeness (QED) is 0.833. The fraction of sp³-hybridized carbons (Fsp3) is 0.444. The molecule has 0 atom stereocenters. The van der Waals surface area contributed by atoms with Gasteiger partial charge in [0.15, 0.2) is 0 Å². The summed E-state index contributed by atoms with van der Waals surface area (Å²) in [5.74, 6) is 0. The summed E-state index contributed by atoms with van der Waals surface area (Å²) in [5.41, 5.74) is 3.23. The highest BCUT2D eigenvalue weighted by molar-refractivity contribution is 7.94. The van der Waals surface area contributed by atoms with Gasteiger partial charge in [0.2, 0.25) is 0 Å². The van der Waals surface area contributed by atoms with Gasteiger partial charge in [0.25, 0.3) is 10.0 Å². The Hall–Kier alpha value is -1.53. The number of hydrogen-bond donors (Lipinski definition) is 0. The predicted octanol–water partition coefficient (Wildman–Crippen LogP) is 3.66. The van der Waals surface area contributed by atoms with Gasteiger partial charge in [-0.25, -0.2) is 8.42 Å². The van der Waals surface area contributed by atoms with Crippen molar-refractivity contribution in [3.63, 3.8) is 0 Å². The van der Waals surface area contributed by atoms with Crippen LogP contribution in [-0.2, 0) is 22.9 Å². The molecule has 0 unspecified atom stereocenters. The van der Waals surface area contributed by atoms with Crippen molar-refractivity contribution in [1.82, 2.24) is 0 Å². The van der Waals surface area contributed by atoms with Gasteiger partial charge in [0.05, 0.1) is 5.69 Å². The van der Waals surface area contributed by atoms with Crippen molar-refractivity contribution in [2.45, 2.75) is 36.8 Å². The van der Waals surface area contributed by atoms with Crippen LogP contribution < -0.4 is 9.21 Å². The molecule has 4 rings (SSSR count). The molecule has 0 radical (unpaired) electrons. The Kier molecular flexibility index (Phi) is 4.04. The van der Waals surface area contributed by atoms with Gasteiger partial charge in [-0.1, -0.05) is 6.92 Å². The monoisotopic (exact) mass is 362 g/mol. The van der Waals surface area contributed by atoms with E-state index in [1.807, 2.05) is 19.1 Å². The number of fused-ring (bicyclic) bond motifs is 1. The van der Waals surface area contributed by atoms with E-state index in [4.69, 9.17) is 0 Å². The molecule has 0 bridgehead atoms. The van der Waals surface area contributed by atoms with Gasteiger partial charge < -0.3 is 4.90 Å². The molecule has 1 fully saturated rings. The molecule has 1 aromatic heterocycles. The van der Waals surface area contributed by atoms with Crippen LogP contribution >= 0.6 is 11.3 Å². The normalized spacial score (nSPS) is 17.5. The minimum absolute atomic E-state index is 0.454. The lowest BCUT2D eigenvalue weighted by molar-refractivity contribution is 0.594. The number of hydrogen-bond acceptors (Lipinski definition) is 4. The van der Waals surface area contributed by atoms with E-state index >= 15 is 0 Å². The van der Waals surface area contributed by atoms with Crippen LogP contribution in [0, 0.1) is 0 Å². The second-order valence-electron chi connectivity index (χ2n) is 6.41. The lowest BCUT2D eigenvalue weighted by Crippen LogP contribution is -2.28. The first-order valence-corrected chi connectivity index (χ1v) is 10.8. The number of nitrogens with zero attached hydrogens (tertiary/aromatic N) is 2. The second-order valence-corrected chi connectivity index (χ2v) is 9.67. The molecule has 1 aromatic carbocycles. The third kappa shape index (κ3) is 2.62. The van der Waals surface area contributed by atoms with Gasteiger partial charge >= 0.3 is 0 Å². The van der Waals surface area contributed by atoms with Crippen LogP contribution in [0.1, 0.15) is 30.2 Å². The van der Waals surface area contributed by atoms with Gasteiger partial charge in [0.1, 0.15) is 4.21 Å². The van der Waals surface area contributed by atoms with E-state index in [1.165, 1.54) is 29.9 Å². The highest BCUT2D eigenvalue weighted by Crippen LogP contribution is 2.37. The summed E-state index contributed by atoms with van der Waals surface area (Å²) in [6.45, 7) is 4.80. The first kappa shape index (κ1) is 16.0. The smallest absolute Gasteiger partial charge is 0.273 e. The molecule has 128 valence electrons. The molecule has 2 aromatic rings. The maximum absolute atomic E-state index is 13.0. The Labute approximate surface area is 147 Å². The lowest BCUT2D eigenvalue weighted by atomic mass is 10.1. The molecule has 24 heavy (non-hydrogen) atoms. The molecule has 4 nitrogen and oxygen atoms in total. The summed E-state index contributed by atoms with van der Waals surface area (Å²) >= 11 is 1.39. The summed E-state index contributed by atoms with van der Waals surface area (Å²) in [6, 6.07) is 9.91. The first-order valence-electron chi connectivity index (χ1n) is 8.59. The van der Waals surface area contributed by atoms with Crippen molar-refractivity contribution in [2.24, 2.45) is 0 Å². The van der Waals surface area contributed by atoms with E-state index in [2.05, 4.69) is 17.0 Å². The fourth-order valence-corrected chi connectivity index (χ4v) is 6.49. The van der Waals surface area contributed by atoms with Crippen LogP contribution in [0.3, 0.4) is 0 Å². The first-order chi connectivity index (χ1) is 11.6. The zero-order valence-corrected chi connectivity index (χ0v) is 15.5. The average molecular weight is 363 g/mol. The zero-order valence-electron chi connectivity index (χ0n) is 13.9. The van der Waals surface area contributed by atoms with Crippen LogP contribution in [-0.4, -0.2) is 28.1 Å². The molecule has 0 spiro atoms. The number of thiophene rings is 1. The van der Waals surface area contributed by atoms with Gasteiger partial charge in [0, 0.05) is 30.2 Å². The standard InChI is InChI=1S/C18H22N2O2S2/c1-2-16-6-8-18(23-16)24(21,22)20-12-9-14-13-15(5-7-17(14)20)19-10-3-4-11-19/h5-8,13H,2-4,9-12H2,1H3. The summed E-state index contributed by atoms with van der Waals surface area (Å²) < 4.78 is 28.0. The van der Waals surface area contributed by atoms with Gasteiger partial charge in [-0.05, 0) is 61.6 Å². The Morgan fingerprint density at radius 3 is 2.58 bits per heavy atom.